The molecule has 0 atom stereocenters. The molecule has 0 unspecified atom stereocenters. The summed E-state index contributed by atoms with van der Waals surface area (Å²) in [6.45, 7) is 0.118. The quantitative estimate of drug-likeness (QED) is 0.692. The molecule has 1 heterocycles. The number of nitro groups is 1. The minimum atomic E-state index is -0.634. The van der Waals surface area contributed by atoms with Gasteiger partial charge >= 0.3 is 0 Å². The highest BCUT2D eigenvalue weighted by Crippen LogP contribution is 2.34. The molecule has 2 aromatic carbocycles. The predicted molar refractivity (Wildman–Crippen MR) is 78.6 cm³/mol. The summed E-state index contributed by atoms with van der Waals surface area (Å²) >= 11 is 5.81. The van der Waals surface area contributed by atoms with Crippen LogP contribution < -0.4 is 14.8 Å². The fraction of sp³-hybridized carbons (Fsp3) is 0.0714. The van der Waals surface area contributed by atoms with Crippen molar-refractivity contribution in [2.24, 2.45) is 0 Å². The molecule has 0 fully saturated rings. The second-order valence-corrected chi connectivity index (χ2v) is 4.88. The maximum absolute atomic E-state index is 12.2. The second-order valence-electron chi connectivity index (χ2n) is 4.44. The van der Waals surface area contributed by atoms with Gasteiger partial charge in [0.2, 0.25) is 6.79 Å². The maximum Gasteiger partial charge on any atom is 0.282 e. The number of halogens is 1. The van der Waals surface area contributed by atoms with Gasteiger partial charge in [-0.1, -0.05) is 11.6 Å². The fourth-order valence-corrected chi connectivity index (χ4v) is 2.19. The smallest absolute Gasteiger partial charge is 0.282 e. The van der Waals surface area contributed by atoms with Crippen LogP contribution in [0.4, 0.5) is 11.4 Å². The lowest BCUT2D eigenvalue weighted by molar-refractivity contribution is -0.385. The molecular weight excluding hydrogens is 312 g/mol. The van der Waals surface area contributed by atoms with E-state index < -0.39 is 10.8 Å². The SMILES string of the molecule is O=C(Nc1ccc2c(c1)OCO2)c1cc(Cl)ccc1[N+](=O)[O-]. The number of fused-ring (bicyclic) bond motifs is 1. The number of anilines is 1. The van der Waals surface area contributed by atoms with Gasteiger partial charge in [0.25, 0.3) is 11.6 Å². The minimum Gasteiger partial charge on any atom is -0.454 e. The molecule has 1 amide bonds. The molecule has 0 saturated heterocycles. The molecule has 0 aliphatic carbocycles. The Morgan fingerprint density at radius 1 is 1.18 bits per heavy atom. The lowest BCUT2D eigenvalue weighted by Crippen LogP contribution is -2.14. The van der Waals surface area contributed by atoms with Crippen molar-refractivity contribution in [3.05, 3.63) is 57.1 Å². The van der Waals surface area contributed by atoms with Gasteiger partial charge in [0.1, 0.15) is 5.56 Å². The van der Waals surface area contributed by atoms with E-state index in [-0.39, 0.29) is 23.1 Å². The molecule has 22 heavy (non-hydrogen) atoms. The van der Waals surface area contributed by atoms with Crippen molar-refractivity contribution in [1.29, 1.82) is 0 Å². The number of rotatable bonds is 3. The number of amides is 1. The summed E-state index contributed by atoms with van der Waals surface area (Å²) in [6.07, 6.45) is 0. The molecular formula is C14H9ClN2O5. The van der Waals surface area contributed by atoms with Gasteiger partial charge < -0.3 is 14.8 Å². The third-order valence-corrected chi connectivity index (χ3v) is 3.27. The maximum atomic E-state index is 12.2. The van der Waals surface area contributed by atoms with Gasteiger partial charge in [-0.05, 0) is 24.3 Å². The van der Waals surface area contributed by atoms with E-state index in [4.69, 9.17) is 21.1 Å². The number of nitrogens with zero attached hydrogens (tertiary/aromatic N) is 1. The summed E-state index contributed by atoms with van der Waals surface area (Å²) in [5.41, 5.74) is 0.00123. The van der Waals surface area contributed by atoms with Crippen molar-refractivity contribution in [3.63, 3.8) is 0 Å². The molecule has 1 aliphatic heterocycles. The molecule has 1 N–H and O–H groups in total. The zero-order valence-electron chi connectivity index (χ0n) is 11.0. The summed E-state index contributed by atoms with van der Waals surface area (Å²) in [5, 5.41) is 13.8. The number of hydrogen-bond donors (Lipinski definition) is 1. The lowest BCUT2D eigenvalue weighted by Gasteiger charge is -2.07. The summed E-state index contributed by atoms with van der Waals surface area (Å²) in [6, 6.07) is 8.64. The van der Waals surface area contributed by atoms with Gasteiger partial charge in [0.15, 0.2) is 11.5 Å². The van der Waals surface area contributed by atoms with E-state index in [0.717, 1.165) is 0 Å². The van der Waals surface area contributed by atoms with E-state index in [1.165, 1.54) is 18.2 Å². The van der Waals surface area contributed by atoms with Crippen LogP contribution in [-0.4, -0.2) is 17.6 Å². The first-order valence-corrected chi connectivity index (χ1v) is 6.57. The average Bonchev–Trinajstić information content (AvgIpc) is 2.94. The van der Waals surface area contributed by atoms with Crippen LogP contribution in [-0.2, 0) is 0 Å². The summed E-state index contributed by atoms with van der Waals surface area (Å²) in [5.74, 6) is 0.443. The number of nitro benzene ring substituents is 1. The van der Waals surface area contributed by atoms with Gasteiger partial charge in [0.05, 0.1) is 4.92 Å². The molecule has 0 aromatic heterocycles. The number of ether oxygens (including phenoxy) is 2. The van der Waals surface area contributed by atoms with Crippen molar-refractivity contribution >= 4 is 28.9 Å². The molecule has 0 saturated carbocycles. The van der Waals surface area contributed by atoms with Crippen molar-refractivity contribution in [2.75, 3.05) is 12.1 Å². The van der Waals surface area contributed by atoms with Gasteiger partial charge in [-0.15, -0.1) is 0 Å². The molecule has 112 valence electrons. The Kier molecular flexibility index (Phi) is 3.56. The van der Waals surface area contributed by atoms with Gasteiger partial charge in [-0.3, -0.25) is 14.9 Å². The summed E-state index contributed by atoms with van der Waals surface area (Å²) < 4.78 is 10.4. The Hall–Kier alpha value is -2.80. The number of carbonyl (C=O) groups excluding carboxylic acids is 1. The topological polar surface area (TPSA) is 90.7 Å². The van der Waals surface area contributed by atoms with Crippen molar-refractivity contribution in [3.8, 4) is 11.5 Å². The Balaban J connectivity index is 1.89. The van der Waals surface area contributed by atoms with E-state index in [9.17, 15) is 14.9 Å². The van der Waals surface area contributed by atoms with Gasteiger partial charge in [0, 0.05) is 22.8 Å². The molecule has 2 aromatic rings. The number of carbonyl (C=O) groups is 1. The molecule has 0 spiro atoms. The summed E-state index contributed by atoms with van der Waals surface area (Å²) in [4.78, 5) is 22.6. The highest BCUT2D eigenvalue weighted by molar-refractivity contribution is 6.31. The largest absolute Gasteiger partial charge is 0.454 e. The van der Waals surface area contributed by atoms with Crippen molar-refractivity contribution in [1.82, 2.24) is 0 Å². The van der Waals surface area contributed by atoms with Crippen LogP contribution >= 0.6 is 11.6 Å². The standard InChI is InChI=1S/C14H9ClN2O5/c15-8-1-3-11(17(19)20)10(5-8)14(18)16-9-2-4-12-13(6-9)22-7-21-12/h1-6H,7H2,(H,16,18). The molecule has 7 nitrogen and oxygen atoms in total. The van der Waals surface area contributed by atoms with E-state index in [1.807, 2.05) is 0 Å². The zero-order valence-corrected chi connectivity index (χ0v) is 11.8. The van der Waals surface area contributed by atoms with E-state index >= 15 is 0 Å². The highest BCUT2D eigenvalue weighted by atomic mass is 35.5. The van der Waals surface area contributed by atoms with E-state index in [1.54, 1.807) is 18.2 Å². The number of hydrogen-bond acceptors (Lipinski definition) is 5. The van der Waals surface area contributed by atoms with Crippen LogP contribution in [0.15, 0.2) is 36.4 Å². The predicted octanol–water partition coefficient (Wildman–Crippen LogP) is 3.23. The Labute approximate surface area is 129 Å². The Bertz CT molecular complexity index is 778. The van der Waals surface area contributed by atoms with Crippen LogP contribution in [0.25, 0.3) is 0 Å². The minimum absolute atomic E-state index is 0.116. The highest BCUT2D eigenvalue weighted by Gasteiger charge is 2.21. The van der Waals surface area contributed by atoms with Crippen LogP contribution in [0.1, 0.15) is 10.4 Å². The number of benzene rings is 2. The second kappa shape index (κ2) is 5.53. The van der Waals surface area contributed by atoms with Gasteiger partial charge in [-0.2, -0.15) is 0 Å². The van der Waals surface area contributed by atoms with Gasteiger partial charge in [-0.25, -0.2) is 0 Å². The van der Waals surface area contributed by atoms with Crippen molar-refractivity contribution < 1.29 is 19.2 Å². The van der Waals surface area contributed by atoms with E-state index in [0.29, 0.717) is 17.2 Å². The lowest BCUT2D eigenvalue weighted by atomic mass is 10.1. The van der Waals surface area contributed by atoms with Crippen LogP contribution in [0.5, 0.6) is 11.5 Å². The van der Waals surface area contributed by atoms with Crippen LogP contribution in [0.3, 0.4) is 0 Å². The Morgan fingerprint density at radius 2 is 1.95 bits per heavy atom. The molecule has 0 bridgehead atoms. The fourth-order valence-electron chi connectivity index (χ4n) is 2.02. The average molecular weight is 321 g/mol. The Morgan fingerprint density at radius 3 is 2.73 bits per heavy atom. The number of nitrogens with one attached hydrogen (secondary N) is 1. The first kappa shape index (κ1) is 14.2. The van der Waals surface area contributed by atoms with E-state index in [2.05, 4.69) is 5.32 Å². The van der Waals surface area contributed by atoms with Crippen LogP contribution in [0, 0.1) is 10.1 Å². The molecule has 1 aliphatic rings. The summed E-state index contributed by atoms with van der Waals surface area (Å²) in [7, 11) is 0. The first-order valence-electron chi connectivity index (χ1n) is 6.19. The third-order valence-electron chi connectivity index (χ3n) is 3.03. The zero-order chi connectivity index (χ0) is 15.7. The third kappa shape index (κ3) is 2.66. The molecule has 0 radical (unpaired) electrons. The molecule has 8 heteroatoms. The monoisotopic (exact) mass is 320 g/mol. The van der Waals surface area contributed by atoms with Crippen LogP contribution in [0.2, 0.25) is 5.02 Å². The normalized spacial score (nSPS) is 12.0. The van der Waals surface area contributed by atoms with Crippen molar-refractivity contribution in [2.45, 2.75) is 0 Å². The molecule has 3 rings (SSSR count). The first-order chi connectivity index (χ1) is 10.5.